The molecule has 0 aliphatic heterocycles. The topological polar surface area (TPSA) is 69.2 Å². The third kappa shape index (κ3) is 11.7. The number of carbonyl (C=O) groups is 1. The molecule has 2 unspecified atom stereocenters. The summed E-state index contributed by atoms with van der Waals surface area (Å²) in [5, 5.41) is 6.95. The van der Waals surface area contributed by atoms with Crippen molar-refractivity contribution in [3.05, 3.63) is 0 Å². The summed E-state index contributed by atoms with van der Waals surface area (Å²) in [5.41, 5.74) is 0. The van der Waals surface area contributed by atoms with Crippen LogP contribution in [-0.4, -0.2) is 88.7 Å². The number of carbonyl (C=O) groups excluding carboxylic acids is 1. The van der Waals surface area contributed by atoms with Gasteiger partial charge < -0.3 is 25.2 Å². The first kappa shape index (κ1) is 26.4. The summed E-state index contributed by atoms with van der Waals surface area (Å²) in [6, 6.07) is 0.434. The Balaban J connectivity index is 0.00000676. The molecule has 27 heavy (non-hydrogen) atoms. The standard InChI is InChI=1S/C19H39N5O2.HI/c1-16-9-6-7-10-17(16)22-19(21-15-18(25)23(2)3)20-11-13-24(4)12-8-14-26-5;/h16-17H,6-15H2,1-5H3,(H2,20,21,22);1H. The fourth-order valence-corrected chi connectivity index (χ4v) is 3.10. The fourth-order valence-electron chi connectivity index (χ4n) is 3.10. The highest BCUT2D eigenvalue weighted by Gasteiger charge is 2.22. The van der Waals surface area contributed by atoms with Gasteiger partial charge in [0.05, 0.1) is 0 Å². The lowest BCUT2D eigenvalue weighted by Gasteiger charge is -2.31. The number of rotatable bonds is 10. The number of halogens is 1. The van der Waals surface area contributed by atoms with Crippen molar-refractivity contribution in [2.24, 2.45) is 10.9 Å². The largest absolute Gasteiger partial charge is 0.385 e. The zero-order valence-corrected chi connectivity index (χ0v) is 20.1. The molecule has 160 valence electrons. The number of ether oxygens (including phenoxy) is 1. The van der Waals surface area contributed by atoms with E-state index in [0.29, 0.717) is 12.0 Å². The van der Waals surface area contributed by atoms with E-state index in [4.69, 9.17) is 4.74 Å². The van der Waals surface area contributed by atoms with Crippen LogP contribution >= 0.6 is 24.0 Å². The molecule has 1 aliphatic rings. The Bertz CT molecular complexity index is 434. The second-order valence-electron chi connectivity index (χ2n) is 7.54. The van der Waals surface area contributed by atoms with E-state index >= 15 is 0 Å². The van der Waals surface area contributed by atoms with Crippen molar-refractivity contribution in [2.75, 3.05) is 61.0 Å². The van der Waals surface area contributed by atoms with Gasteiger partial charge in [0.25, 0.3) is 0 Å². The van der Waals surface area contributed by atoms with Crippen LogP contribution < -0.4 is 10.6 Å². The van der Waals surface area contributed by atoms with Crippen LogP contribution in [-0.2, 0) is 9.53 Å². The molecule has 0 spiro atoms. The van der Waals surface area contributed by atoms with Gasteiger partial charge in [0.1, 0.15) is 6.54 Å². The highest BCUT2D eigenvalue weighted by Crippen LogP contribution is 2.23. The Morgan fingerprint density at radius 3 is 2.52 bits per heavy atom. The van der Waals surface area contributed by atoms with Crippen LogP contribution in [0.25, 0.3) is 0 Å². The maximum absolute atomic E-state index is 11.9. The van der Waals surface area contributed by atoms with Crippen LogP contribution in [0.2, 0.25) is 0 Å². The highest BCUT2D eigenvalue weighted by atomic mass is 127. The average Bonchev–Trinajstić information content (AvgIpc) is 2.61. The van der Waals surface area contributed by atoms with E-state index in [9.17, 15) is 4.79 Å². The monoisotopic (exact) mass is 497 g/mol. The van der Waals surface area contributed by atoms with Crippen molar-refractivity contribution in [1.82, 2.24) is 20.4 Å². The Morgan fingerprint density at radius 2 is 1.89 bits per heavy atom. The number of likely N-dealkylation sites (N-methyl/N-ethyl adjacent to an activating group) is 2. The first-order chi connectivity index (χ1) is 12.4. The summed E-state index contributed by atoms with van der Waals surface area (Å²) in [7, 11) is 7.37. The summed E-state index contributed by atoms with van der Waals surface area (Å²) < 4.78 is 5.10. The quantitative estimate of drug-likeness (QED) is 0.209. The minimum absolute atomic E-state index is 0. The van der Waals surface area contributed by atoms with Gasteiger partial charge in [0.2, 0.25) is 5.91 Å². The lowest BCUT2D eigenvalue weighted by atomic mass is 9.86. The van der Waals surface area contributed by atoms with Gasteiger partial charge in [-0.3, -0.25) is 4.79 Å². The normalized spacial score (nSPS) is 20.1. The van der Waals surface area contributed by atoms with Gasteiger partial charge >= 0.3 is 0 Å². The first-order valence-corrected chi connectivity index (χ1v) is 9.86. The second kappa shape index (κ2) is 15.3. The molecule has 0 bridgehead atoms. The second-order valence-corrected chi connectivity index (χ2v) is 7.54. The predicted molar refractivity (Wildman–Crippen MR) is 123 cm³/mol. The Morgan fingerprint density at radius 1 is 1.19 bits per heavy atom. The van der Waals surface area contributed by atoms with E-state index in [0.717, 1.165) is 38.6 Å². The predicted octanol–water partition coefficient (Wildman–Crippen LogP) is 1.77. The van der Waals surface area contributed by atoms with Crippen LogP contribution in [0.15, 0.2) is 4.99 Å². The number of methoxy groups -OCH3 is 1. The molecule has 2 N–H and O–H groups in total. The molecule has 0 saturated heterocycles. The molecule has 1 saturated carbocycles. The number of nitrogens with zero attached hydrogens (tertiary/aromatic N) is 3. The number of guanidine groups is 1. The number of amides is 1. The molecule has 1 fully saturated rings. The Labute approximate surface area is 182 Å². The summed E-state index contributed by atoms with van der Waals surface area (Å²) in [6.07, 6.45) is 6.02. The molecule has 2 atom stereocenters. The molecule has 0 heterocycles. The lowest BCUT2D eigenvalue weighted by molar-refractivity contribution is -0.127. The van der Waals surface area contributed by atoms with Crippen molar-refractivity contribution in [3.63, 3.8) is 0 Å². The van der Waals surface area contributed by atoms with E-state index < -0.39 is 0 Å². The van der Waals surface area contributed by atoms with Gasteiger partial charge in [0.15, 0.2) is 5.96 Å². The molecule has 0 aromatic carbocycles. The number of hydrogen-bond donors (Lipinski definition) is 2. The molecule has 0 radical (unpaired) electrons. The van der Waals surface area contributed by atoms with Gasteiger partial charge in [0, 0.05) is 53.5 Å². The van der Waals surface area contributed by atoms with Gasteiger partial charge in [-0.05, 0) is 32.2 Å². The smallest absolute Gasteiger partial charge is 0.243 e. The average molecular weight is 497 g/mol. The summed E-state index contributed by atoms with van der Waals surface area (Å²) in [4.78, 5) is 20.2. The van der Waals surface area contributed by atoms with E-state index in [1.54, 1.807) is 26.1 Å². The molecule has 7 nitrogen and oxygen atoms in total. The molecule has 1 rings (SSSR count). The molecule has 8 heteroatoms. The zero-order chi connectivity index (χ0) is 19.4. The lowest BCUT2D eigenvalue weighted by Crippen LogP contribution is -2.49. The number of hydrogen-bond acceptors (Lipinski definition) is 4. The molecular formula is C19H40IN5O2. The maximum Gasteiger partial charge on any atom is 0.243 e. The third-order valence-corrected chi connectivity index (χ3v) is 4.98. The highest BCUT2D eigenvalue weighted by molar-refractivity contribution is 14.0. The van der Waals surface area contributed by atoms with Gasteiger partial charge in [-0.25, -0.2) is 4.99 Å². The van der Waals surface area contributed by atoms with E-state index in [2.05, 4.69) is 34.5 Å². The first-order valence-electron chi connectivity index (χ1n) is 9.86. The van der Waals surface area contributed by atoms with Crippen molar-refractivity contribution >= 4 is 35.8 Å². The minimum Gasteiger partial charge on any atom is -0.385 e. The van der Waals surface area contributed by atoms with Crippen LogP contribution in [0.1, 0.15) is 39.0 Å². The van der Waals surface area contributed by atoms with E-state index in [1.165, 1.54) is 25.7 Å². The number of aliphatic imine (C=N–C) groups is 1. The number of nitrogens with one attached hydrogen (secondary N) is 2. The van der Waals surface area contributed by atoms with E-state index in [1.807, 2.05) is 0 Å². The van der Waals surface area contributed by atoms with Crippen molar-refractivity contribution < 1.29 is 9.53 Å². The van der Waals surface area contributed by atoms with Crippen LogP contribution in [0.3, 0.4) is 0 Å². The Hall–Kier alpha value is -0.610. The van der Waals surface area contributed by atoms with Crippen LogP contribution in [0.4, 0.5) is 0 Å². The molecule has 0 aromatic rings. The zero-order valence-electron chi connectivity index (χ0n) is 17.8. The minimum atomic E-state index is 0. The van der Waals surface area contributed by atoms with Crippen LogP contribution in [0.5, 0.6) is 0 Å². The molecule has 1 amide bonds. The summed E-state index contributed by atoms with van der Waals surface area (Å²) in [6.45, 7) is 5.99. The van der Waals surface area contributed by atoms with Crippen LogP contribution in [0, 0.1) is 5.92 Å². The van der Waals surface area contributed by atoms with Gasteiger partial charge in [-0.1, -0.05) is 19.8 Å². The van der Waals surface area contributed by atoms with Crippen molar-refractivity contribution in [3.8, 4) is 0 Å². The Kier molecular flexibility index (Phi) is 15.0. The molecule has 1 aliphatic carbocycles. The molecule has 0 aromatic heterocycles. The van der Waals surface area contributed by atoms with Gasteiger partial charge in [-0.15, -0.1) is 24.0 Å². The molecular weight excluding hydrogens is 457 g/mol. The van der Waals surface area contributed by atoms with E-state index in [-0.39, 0.29) is 36.4 Å². The summed E-state index contributed by atoms with van der Waals surface area (Å²) in [5.74, 6) is 1.40. The van der Waals surface area contributed by atoms with Crippen molar-refractivity contribution in [1.29, 1.82) is 0 Å². The fraction of sp³-hybridized carbons (Fsp3) is 0.895. The maximum atomic E-state index is 11.9. The van der Waals surface area contributed by atoms with Crippen molar-refractivity contribution in [2.45, 2.75) is 45.1 Å². The van der Waals surface area contributed by atoms with Gasteiger partial charge in [-0.2, -0.15) is 0 Å². The summed E-state index contributed by atoms with van der Waals surface area (Å²) >= 11 is 0. The third-order valence-electron chi connectivity index (χ3n) is 4.98. The SMILES string of the molecule is COCCCN(C)CCNC(=NCC(=O)N(C)C)NC1CCCCC1C.I.